The third-order valence-electron chi connectivity index (χ3n) is 6.04. The summed E-state index contributed by atoms with van der Waals surface area (Å²) in [5.41, 5.74) is 1.18. The van der Waals surface area contributed by atoms with Crippen LogP contribution >= 0.6 is 0 Å². The number of nitrogens with zero attached hydrogens (tertiary/aromatic N) is 1. The molecule has 164 valence electrons. The highest BCUT2D eigenvalue weighted by atomic mass is 16.2. The molecule has 1 aromatic heterocycles. The molecule has 32 heavy (non-hydrogen) atoms. The van der Waals surface area contributed by atoms with Crippen LogP contribution in [0.25, 0.3) is 0 Å². The Morgan fingerprint density at radius 3 is 2.22 bits per heavy atom. The SMILES string of the molecule is O=C(Cn1cccc(C(=O)NCc2ccccc2)c1=O)NC1(c2ccccc2)CCCC1. The van der Waals surface area contributed by atoms with Gasteiger partial charge in [-0.2, -0.15) is 0 Å². The van der Waals surface area contributed by atoms with E-state index in [0.29, 0.717) is 6.54 Å². The molecule has 1 fully saturated rings. The van der Waals surface area contributed by atoms with E-state index in [1.807, 2.05) is 60.7 Å². The number of pyridine rings is 1. The summed E-state index contributed by atoms with van der Waals surface area (Å²) in [6, 6.07) is 22.6. The molecule has 1 heterocycles. The number of carbonyl (C=O) groups excluding carboxylic acids is 2. The van der Waals surface area contributed by atoms with Gasteiger partial charge in [0.05, 0.1) is 5.54 Å². The third-order valence-corrected chi connectivity index (χ3v) is 6.04. The lowest BCUT2D eigenvalue weighted by Gasteiger charge is -2.31. The maximum Gasteiger partial charge on any atom is 0.263 e. The summed E-state index contributed by atoms with van der Waals surface area (Å²) in [5, 5.41) is 5.95. The predicted molar refractivity (Wildman–Crippen MR) is 123 cm³/mol. The number of rotatable bonds is 7. The second kappa shape index (κ2) is 9.64. The van der Waals surface area contributed by atoms with E-state index >= 15 is 0 Å². The van der Waals surface area contributed by atoms with E-state index in [2.05, 4.69) is 10.6 Å². The first-order valence-electron chi connectivity index (χ1n) is 11.0. The third kappa shape index (κ3) is 4.80. The van der Waals surface area contributed by atoms with Crippen LogP contribution in [0.2, 0.25) is 0 Å². The summed E-state index contributed by atoms with van der Waals surface area (Å²) >= 11 is 0. The van der Waals surface area contributed by atoms with E-state index in [1.54, 1.807) is 12.3 Å². The molecule has 2 N–H and O–H groups in total. The summed E-state index contributed by atoms with van der Waals surface area (Å²) < 4.78 is 1.29. The average molecular weight is 430 g/mol. The number of amides is 2. The first-order valence-corrected chi connectivity index (χ1v) is 11.0. The van der Waals surface area contributed by atoms with Crippen molar-refractivity contribution in [2.45, 2.75) is 44.3 Å². The van der Waals surface area contributed by atoms with Crippen LogP contribution in [-0.4, -0.2) is 16.4 Å². The van der Waals surface area contributed by atoms with Crippen molar-refractivity contribution in [3.63, 3.8) is 0 Å². The summed E-state index contributed by atoms with van der Waals surface area (Å²) in [6.07, 6.45) is 5.39. The zero-order chi connectivity index (χ0) is 22.4. The van der Waals surface area contributed by atoms with Gasteiger partial charge in [-0.15, -0.1) is 0 Å². The molecule has 0 saturated heterocycles. The molecule has 1 saturated carbocycles. The van der Waals surface area contributed by atoms with E-state index < -0.39 is 17.0 Å². The van der Waals surface area contributed by atoms with Gasteiger partial charge in [0, 0.05) is 12.7 Å². The number of hydrogen-bond acceptors (Lipinski definition) is 3. The number of carbonyl (C=O) groups is 2. The highest BCUT2D eigenvalue weighted by Crippen LogP contribution is 2.38. The molecule has 0 unspecified atom stereocenters. The van der Waals surface area contributed by atoms with E-state index in [9.17, 15) is 14.4 Å². The van der Waals surface area contributed by atoms with E-state index in [-0.39, 0.29) is 18.0 Å². The van der Waals surface area contributed by atoms with Crippen molar-refractivity contribution in [3.05, 3.63) is 106 Å². The minimum atomic E-state index is -0.478. The average Bonchev–Trinajstić information content (AvgIpc) is 3.29. The predicted octanol–water partition coefficient (Wildman–Crippen LogP) is 3.36. The Kier molecular flexibility index (Phi) is 6.50. The minimum Gasteiger partial charge on any atom is -0.348 e. The molecule has 6 nitrogen and oxygen atoms in total. The van der Waals surface area contributed by atoms with E-state index in [1.165, 1.54) is 10.6 Å². The lowest BCUT2D eigenvalue weighted by molar-refractivity contribution is -0.123. The van der Waals surface area contributed by atoms with Gasteiger partial charge in [-0.1, -0.05) is 73.5 Å². The van der Waals surface area contributed by atoms with Crippen molar-refractivity contribution in [1.29, 1.82) is 0 Å². The Morgan fingerprint density at radius 2 is 1.53 bits per heavy atom. The van der Waals surface area contributed by atoms with E-state index in [0.717, 1.165) is 36.8 Å². The van der Waals surface area contributed by atoms with Gasteiger partial charge in [0.2, 0.25) is 5.91 Å². The number of nitrogens with one attached hydrogen (secondary N) is 2. The maximum absolute atomic E-state index is 12.9. The number of hydrogen-bond donors (Lipinski definition) is 2. The lowest BCUT2D eigenvalue weighted by atomic mass is 9.88. The van der Waals surface area contributed by atoms with E-state index in [4.69, 9.17) is 0 Å². The van der Waals surface area contributed by atoms with Gasteiger partial charge in [0.1, 0.15) is 12.1 Å². The van der Waals surface area contributed by atoms with Crippen molar-refractivity contribution in [2.24, 2.45) is 0 Å². The topological polar surface area (TPSA) is 80.2 Å². The fourth-order valence-corrected chi connectivity index (χ4v) is 4.39. The zero-order valence-electron chi connectivity index (χ0n) is 17.9. The normalized spacial score (nSPS) is 14.6. The van der Waals surface area contributed by atoms with Crippen molar-refractivity contribution in [1.82, 2.24) is 15.2 Å². The Labute approximate surface area is 187 Å². The van der Waals surface area contributed by atoms with Crippen molar-refractivity contribution < 1.29 is 9.59 Å². The highest BCUT2D eigenvalue weighted by molar-refractivity contribution is 5.93. The van der Waals surface area contributed by atoms with Gasteiger partial charge < -0.3 is 15.2 Å². The van der Waals surface area contributed by atoms with Crippen LogP contribution in [0.4, 0.5) is 0 Å². The molecule has 4 rings (SSSR count). The molecule has 2 amide bonds. The van der Waals surface area contributed by atoms with Crippen LogP contribution in [0.5, 0.6) is 0 Å². The molecular weight excluding hydrogens is 402 g/mol. The Bertz CT molecular complexity index is 1130. The molecule has 1 aliphatic rings. The van der Waals surface area contributed by atoms with Crippen LogP contribution in [0.3, 0.4) is 0 Å². The van der Waals surface area contributed by atoms with Crippen molar-refractivity contribution in [3.8, 4) is 0 Å². The fraction of sp³-hybridized carbons (Fsp3) is 0.269. The maximum atomic E-state index is 12.9. The molecule has 0 aliphatic heterocycles. The van der Waals surface area contributed by atoms with Crippen LogP contribution < -0.4 is 16.2 Å². The first kappa shape index (κ1) is 21.6. The lowest BCUT2D eigenvalue weighted by Crippen LogP contribution is -2.46. The zero-order valence-corrected chi connectivity index (χ0v) is 17.9. The molecule has 2 aromatic carbocycles. The Morgan fingerprint density at radius 1 is 0.875 bits per heavy atom. The van der Waals surface area contributed by atoms with Gasteiger partial charge in [-0.3, -0.25) is 14.4 Å². The van der Waals surface area contributed by atoms with Crippen molar-refractivity contribution >= 4 is 11.8 Å². The monoisotopic (exact) mass is 429 g/mol. The summed E-state index contributed by atoms with van der Waals surface area (Å²) in [7, 11) is 0. The first-order chi connectivity index (χ1) is 15.6. The highest BCUT2D eigenvalue weighted by Gasteiger charge is 2.36. The Hall–Kier alpha value is -3.67. The number of aromatic nitrogens is 1. The second-order valence-electron chi connectivity index (χ2n) is 8.23. The summed E-state index contributed by atoms with van der Waals surface area (Å²) in [4.78, 5) is 38.4. The fourth-order valence-electron chi connectivity index (χ4n) is 4.39. The van der Waals surface area contributed by atoms with Gasteiger partial charge in [-0.05, 0) is 36.1 Å². The standard InChI is InChI=1S/C26H27N3O3/c30-23(28-26(15-7-8-16-26)21-12-5-2-6-13-21)19-29-17-9-14-22(25(29)32)24(31)27-18-20-10-3-1-4-11-20/h1-6,9-14,17H,7-8,15-16,18-19H2,(H,27,31)(H,28,30). The molecule has 0 spiro atoms. The Balaban J connectivity index is 1.46. The molecule has 0 bridgehead atoms. The number of benzene rings is 2. The summed E-state index contributed by atoms with van der Waals surface area (Å²) in [5.74, 6) is -0.690. The minimum absolute atomic E-state index is 0.0230. The molecule has 1 aliphatic carbocycles. The molecule has 0 atom stereocenters. The van der Waals surface area contributed by atoms with Gasteiger partial charge in [0.15, 0.2) is 0 Å². The smallest absolute Gasteiger partial charge is 0.263 e. The quantitative estimate of drug-likeness (QED) is 0.604. The van der Waals surface area contributed by atoms with Gasteiger partial charge in [-0.25, -0.2) is 0 Å². The van der Waals surface area contributed by atoms with Crippen molar-refractivity contribution in [2.75, 3.05) is 0 Å². The van der Waals surface area contributed by atoms with Crippen LogP contribution in [0, 0.1) is 0 Å². The summed E-state index contributed by atoms with van der Waals surface area (Å²) in [6.45, 7) is 0.196. The van der Waals surface area contributed by atoms with Crippen LogP contribution in [0.15, 0.2) is 83.8 Å². The molecule has 0 radical (unpaired) electrons. The van der Waals surface area contributed by atoms with Crippen LogP contribution in [0.1, 0.15) is 47.2 Å². The second-order valence-corrected chi connectivity index (χ2v) is 8.23. The molecule has 6 heteroatoms. The molecule has 3 aromatic rings. The molecular formula is C26H27N3O3. The van der Waals surface area contributed by atoms with Gasteiger partial charge >= 0.3 is 0 Å². The van der Waals surface area contributed by atoms with Crippen LogP contribution in [-0.2, 0) is 23.4 Å². The largest absolute Gasteiger partial charge is 0.348 e. The van der Waals surface area contributed by atoms with Gasteiger partial charge in [0.25, 0.3) is 11.5 Å².